The van der Waals surface area contributed by atoms with E-state index < -0.39 is 38.1 Å². The molecule has 2 aliphatic rings. The maximum atomic E-state index is 13.5. The fraction of sp³-hybridized carbons (Fsp3) is 0.327. The molecular formula is C52H55N10O7P. The molecule has 2 fully saturated rings. The van der Waals surface area contributed by atoms with E-state index in [0.29, 0.717) is 34.2 Å². The minimum absolute atomic E-state index is 0.000544. The summed E-state index contributed by atoms with van der Waals surface area (Å²) in [4.78, 5) is 39.1. The SMILES string of the molecule is COc1ccc(C(OC[C@@]23CN(c4ncccn4)[C@@H]([C@H](n4cnc5c(NC(=O)c6ccccc6)ncnc54)O2)[C@@H]3OP(OCCC#N)N(C(C)C)C(C)C)(c2ccccc2)c2ccc(OC)cc2)cc1. The van der Waals surface area contributed by atoms with Crippen LogP contribution in [0.3, 0.4) is 0 Å². The number of fused-ring (bicyclic) bond motifs is 3. The molecule has 1 N–H and O–H groups in total. The van der Waals surface area contributed by atoms with Crippen molar-refractivity contribution in [1.29, 1.82) is 5.26 Å². The van der Waals surface area contributed by atoms with Crippen LogP contribution in [0.5, 0.6) is 11.5 Å². The van der Waals surface area contributed by atoms with Crippen molar-refractivity contribution in [2.75, 3.05) is 44.2 Å². The van der Waals surface area contributed by atoms with Crippen molar-refractivity contribution in [2.24, 2.45) is 0 Å². The van der Waals surface area contributed by atoms with E-state index in [1.807, 2.05) is 77.4 Å². The molecule has 9 rings (SSSR count). The molecule has 5 atom stereocenters. The number of hydrogen-bond donors (Lipinski definition) is 1. The highest BCUT2D eigenvalue weighted by Crippen LogP contribution is 2.57. The van der Waals surface area contributed by atoms with Gasteiger partial charge in [0.05, 0.1) is 52.8 Å². The van der Waals surface area contributed by atoms with Crippen LogP contribution in [0.25, 0.3) is 11.2 Å². The number of benzene rings is 4. The summed E-state index contributed by atoms with van der Waals surface area (Å²) in [5, 5.41) is 12.6. The standard InChI is InChI=1S/C52H55N10O7P/c1-35(2)62(36(3)4)70(67-30-13-27-53)69-45-44-49(61-34-58-43-46(56-33-57-47(43)61)59-48(63)37-15-9-7-10-16-37)68-51(45,31-60(44)50-54-28-14-29-55-50)32-66-52(38-17-11-8-12-18-38,39-19-23-41(64-5)24-20-39)40-21-25-42(65-6)26-22-40/h7-12,14-26,28-29,33-36,44-45,49H,13,30-32H2,1-6H3,(H,56,57,59,63)/t44-,45+,49-,51-,70?/m1/s1. The number of carbonyl (C=O) groups is 1. The van der Waals surface area contributed by atoms with Crippen molar-refractivity contribution in [3.05, 3.63) is 163 Å². The number of amides is 1. The van der Waals surface area contributed by atoms with Crippen molar-refractivity contribution >= 4 is 37.4 Å². The molecule has 18 heteroatoms. The summed E-state index contributed by atoms with van der Waals surface area (Å²) in [6.07, 6.45) is 4.98. The highest BCUT2D eigenvalue weighted by atomic mass is 31.2. The lowest BCUT2D eigenvalue weighted by Crippen LogP contribution is -2.51. The highest BCUT2D eigenvalue weighted by Gasteiger charge is 2.68. The molecule has 7 aromatic rings. The van der Waals surface area contributed by atoms with Crippen LogP contribution in [0.4, 0.5) is 11.8 Å². The molecule has 3 aromatic heterocycles. The van der Waals surface area contributed by atoms with E-state index in [9.17, 15) is 10.1 Å². The van der Waals surface area contributed by atoms with Crippen LogP contribution >= 0.6 is 8.53 Å². The minimum Gasteiger partial charge on any atom is -0.497 e. The number of rotatable bonds is 20. The number of carbonyl (C=O) groups excluding carboxylic acids is 1. The van der Waals surface area contributed by atoms with Crippen LogP contribution < -0.4 is 19.7 Å². The highest BCUT2D eigenvalue weighted by molar-refractivity contribution is 7.44. The number of aromatic nitrogens is 6. The summed E-state index contributed by atoms with van der Waals surface area (Å²) < 4.78 is 44.7. The molecule has 2 aliphatic heterocycles. The van der Waals surface area contributed by atoms with Gasteiger partial charge in [-0.2, -0.15) is 5.26 Å². The molecular weight excluding hydrogens is 908 g/mol. The van der Waals surface area contributed by atoms with E-state index in [1.54, 1.807) is 63.3 Å². The van der Waals surface area contributed by atoms with Crippen molar-refractivity contribution in [3.8, 4) is 17.6 Å². The van der Waals surface area contributed by atoms with Gasteiger partial charge in [0.2, 0.25) is 5.95 Å². The van der Waals surface area contributed by atoms with Gasteiger partial charge in [0.15, 0.2) is 23.2 Å². The summed E-state index contributed by atoms with van der Waals surface area (Å²) in [5.74, 6) is 1.72. The second-order valence-electron chi connectivity index (χ2n) is 17.5. The quantitative estimate of drug-likeness (QED) is 0.0434. The molecule has 0 aliphatic carbocycles. The lowest BCUT2D eigenvalue weighted by molar-refractivity contribution is -0.155. The topological polar surface area (TPSA) is 184 Å². The zero-order valence-electron chi connectivity index (χ0n) is 39.8. The second kappa shape index (κ2) is 21.0. The summed E-state index contributed by atoms with van der Waals surface area (Å²) >= 11 is 0. The van der Waals surface area contributed by atoms with E-state index in [4.69, 9.17) is 47.9 Å². The van der Waals surface area contributed by atoms with Crippen LogP contribution in [0.15, 0.2) is 140 Å². The number of ether oxygens (including phenoxy) is 4. The number of nitrogens with zero attached hydrogens (tertiary/aromatic N) is 9. The Morgan fingerprint density at radius 2 is 1.46 bits per heavy atom. The minimum atomic E-state index is -1.84. The molecule has 360 valence electrons. The molecule has 70 heavy (non-hydrogen) atoms. The zero-order valence-corrected chi connectivity index (χ0v) is 40.7. The normalized spacial score (nSPS) is 19.2. The number of morpholine rings is 1. The van der Waals surface area contributed by atoms with Crippen LogP contribution in [0.1, 0.15) is 67.4 Å². The Balaban J connectivity index is 1.22. The first kappa shape index (κ1) is 48.1. The molecule has 0 spiro atoms. The summed E-state index contributed by atoms with van der Waals surface area (Å²) in [7, 11) is 1.44. The molecule has 17 nitrogen and oxygen atoms in total. The Hall–Kier alpha value is -6.90. The summed E-state index contributed by atoms with van der Waals surface area (Å²) in [6, 6.07) is 38.1. The second-order valence-corrected chi connectivity index (χ2v) is 18.9. The van der Waals surface area contributed by atoms with Gasteiger partial charge < -0.3 is 38.2 Å². The van der Waals surface area contributed by atoms with E-state index in [2.05, 4.69) is 65.8 Å². The third-order valence-corrected chi connectivity index (χ3v) is 14.7. The zero-order chi connectivity index (χ0) is 48.8. The van der Waals surface area contributed by atoms with Crippen molar-refractivity contribution in [1.82, 2.24) is 34.2 Å². The lowest BCUT2D eigenvalue weighted by Gasteiger charge is -2.42. The van der Waals surface area contributed by atoms with Crippen LogP contribution in [0.2, 0.25) is 0 Å². The monoisotopic (exact) mass is 962 g/mol. The molecule has 2 saturated heterocycles. The fourth-order valence-corrected chi connectivity index (χ4v) is 11.3. The molecule has 0 radical (unpaired) electrons. The first-order chi connectivity index (χ1) is 34.1. The molecule has 1 unspecified atom stereocenters. The molecule has 5 heterocycles. The van der Waals surface area contributed by atoms with Gasteiger partial charge in [0.1, 0.15) is 41.2 Å². The van der Waals surface area contributed by atoms with Crippen molar-refractivity contribution in [2.45, 2.75) is 75.8 Å². The number of nitriles is 1. The van der Waals surface area contributed by atoms with Gasteiger partial charge >= 0.3 is 0 Å². The van der Waals surface area contributed by atoms with Gasteiger partial charge in [0, 0.05) is 30.0 Å². The summed E-state index contributed by atoms with van der Waals surface area (Å²) in [5.41, 5.74) is 1.26. The number of anilines is 2. The van der Waals surface area contributed by atoms with Crippen molar-refractivity contribution < 1.29 is 32.8 Å². The number of nitrogens with one attached hydrogen (secondary N) is 1. The maximum absolute atomic E-state index is 13.5. The first-order valence-corrected chi connectivity index (χ1v) is 24.2. The smallest absolute Gasteiger partial charge is 0.259 e. The number of hydrogen-bond acceptors (Lipinski definition) is 15. The molecule has 0 saturated carbocycles. The predicted octanol–water partition coefficient (Wildman–Crippen LogP) is 8.71. The first-order valence-electron chi connectivity index (χ1n) is 23.1. The van der Waals surface area contributed by atoms with E-state index in [0.717, 1.165) is 16.7 Å². The maximum Gasteiger partial charge on any atom is 0.259 e. The van der Waals surface area contributed by atoms with E-state index in [-0.39, 0.29) is 50.0 Å². The van der Waals surface area contributed by atoms with Gasteiger partial charge in [-0.3, -0.25) is 9.36 Å². The number of methoxy groups -OCH3 is 2. The van der Waals surface area contributed by atoms with Gasteiger partial charge in [-0.1, -0.05) is 72.8 Å². The number of imidazole rings is 1. The lowest BCUT2D eigenvalue weighted by atomic mass is 9.79. The Bertz CT molecular complexity index is 2840. The van der Waals surface area contributed by atoms with Crippen molar-refractivity contribution in [3.63, 3.8) is 0 Å². The van der Waals surface area contributed by atoms with Gasteiger partial charge in [0.25, 0.3) is 14.4 Å². The Morgan fingerprint density at radius 1 is 0.843 bits per heavy atom. The van der Waals surface area contributed by atoms with Gasteiger partial charge in [-0.25, -0.2) is 29.6 Å². The van der Waals surface area contributed by atoms with E-state index in [1.165, 1.54) is 6.33 Å². The largest absolute Gasteiger partial charge is 0.497 e. The average molecular weight is 963 g/mol. The average Bonchev–Trinajstić information content (AvgIpc) is 4.06. The molecule has 2 bridgehead atoms. The van der Waals surface area contributed by atoms with Gasteiger partial charge in [-0.05, 0) is 86.8 Å². The molecule has 1 amide bonds. The van der Waals surface area contributed by atoms with Crippen LogP contribution in [0, 0.1) is 11.3 Å². The third kappa shape index (κ3) is 9.29. The Morgan fingerprint density at radius 3 is 2.06 bits per heavy atom. The Kier molecular flexibility index (Phi) is 14.4. The predicted molar refractivity (Wildman–Crippen MR) is 264 cm³/mol. The fourth-order valence-electron chi connectivity index (χ4n) is 9.46. The van der Waals surface area contributed by atoms with E-state index >= 15 is 0 Å². The Labute approximate surface area is 408 Å². The summed E-state index contributed by atoms with van der Waals surface area (Å²) in [6.45, 7) is 8.75. The van der Waals surface area contributed by atoms with Crippen LogP contribution in [-0.2, 0) is 24.1 Å². The van der Waals surface area contributed by atoms with Gasteiger partial charge in [-0.15, -0.1) is 0 Å². The third-order valence-electron chi connectivity index (χ3n) is 12.6. The molecule has 4 aromatic carbocycles. The van der Waals surface area contributed by atoms with Crippen LogP contribution in [-0.4, -0.2) is 104 Å².